The zero-order valence-corrected chi connectivity index (χ0v) is 13.8. The number of ether oxygens (including phenoxy) is 2. The first kappa shape index (κ1) is 15.1. The highest BCUT2D eigenvalue weighted by molar-refractivity contribution is 6.30. The predicted octanol–water partition coefficient (Wildman–Crippen LogP) is 3.57. The van der Waals surface area contributed by atoms with Crippen LogP contribution < -0.4 is 10.1 Å². The molecule has 4 heteroatoms. The van der Waals surface area contributed by atoms with E-state index in [-0.39, 0.29) is 5.41 Å². The summed E-state index contributed by atoms with van der Waals surface area (Å²) in [5.74, 6) is 1.03. The fraction of sp³-hybridized carbons (Fsp3) is 0.647. The van der Waals surface area contributed by atoms with Gasteiger partial charge in [0.05, 0.1) is 12.7 Å². The van der Waals surface area contributed by atoms with Crippen molar-refractivity contribution in [3.8, 4) is 5.75 Å². The minimum atomic E-state index is 0.179. The minimum absolute atomic E-state index is 0.179. The summed E-state index contributed by atoms with van der Waals surface area (Å²) in [6, 6.07) is 4.51. The van der Waals surface area contributed by atoms with Gasteiger partial charge in [-0.3, -0.25) is 0 Å². The monoisotopic (exact) mass is 309 g/mol. The smallest absolute Gasteiger partial charge is 0.127 e. The molecule has 1 heterocycles. The maximum absolute atomic E-state index is 6.21. The van der Waals surface area contributed by atoms with Crippen LogP contribution >= 0.6 is 11.6 Å². The Kier molecular flexibility index (Phi) is 4.17. The van der Waals surface area contributed by atoms with E-state index in [1.165, 1.54) is 11.1 Å². The molecule has 3 rings (SSSR count). The first-order valence-electron chi connectivity index (χ1n) is 7.81. The molecule has 0 aromatic heterocycles. The van der Waals surface area contributed by atoms with Gasteiger partial charge in [0.25, 0.3) is 0 Å². The number of rotatable bonds is 5. The molecule has 1 fully saturated rings. The lowest BCUT2D eigenvalue weighted by atomic mass is 9.64. The van der Waals surface area contributed by atoms with Crippen LogP contribution in [0.25, 0.3) is 0 Å². The molecule has 2 atom stereocenters. The minimum Gasteiger partial charge on any atom is -0.493 e. The van der Waals surface area contributed by atoms with E-state index in [2.05, 4.69) is 26.1 Å². The van der Waals surface area contributed by atoms with Gasteiger partial charge in [-0.05, 0) is 31.0 Å². The van der Waals surface area contributed by atoms with Gasteiger partial charge in [-0.15, -0.1) is 0 Å². The number of benzene rings is 1. The van der Waals surface area contributed by atoms with Crippen LogP contribution in [0.1, 0.15) is 38.3 Å². The summed E-state index contributed by atoms with van der Waals surface area (Å²) in [6.45, 7) is 8.96. The van der Waals surface area contributed by atoms with Gasteiger partial charge in [-0.1, -0.05) is 25.4 Å². The number of nitrogens with one attached hydrogen (secondary N) is 1. The van der Waals surface area contributed by atoms with Gasteiger partial charge >= 0.3 is 0 Å². The fourth-order valence-electron chi connectivity index (χ4n) is 3.43. The number of hydrogen-bond donors (Lipinski definition) is 1. The summed E-state index contributed by atoms with van der Waals surface area (Å²) in [7, 11) is 0. The molecule has 3 nitrogen and oxygen atoms in total. The summed E-state index contributed by atoms with van der Waals surface area (Å²) < 4.78 is 11.5. The van der Waals surface area contributed by atoms with E-state index < -0.39 is 0 Å². The van der Waals surface area contributed by atoms with Crippen LogP contribution in [0.4, 0.5) is 0 Å². The molecule has 1 aliphatic heterocycles. The zero-order chi connectivity index (χ0) is 15.0. The van der Waals surface area contributed by atoms with Crippen LogP contribution in [0.5, 0.6) is 5.75 Å². The standard InChI is InChI=1S/C17H24ClNO2/c1-4-20-15-9-14(17(15,2)3)19-10-12-8-13(18)7-11-5-6-21-16(11)12/h7-8,14-15,19H,4-6,9-10H2,1-3H3. The molecule has 1 aliphatic carbocycles. The van der Waals surface area contributed by atoms with E-state index in [1.54, 1.807) is 0 Å². The molecule has 1 aromatic carbocycles. The highest BCUT2D eigenvalue weighted by Gasteiger charge is 2.48. The molecular formula is C17H24ClNO2. The molecule has 0 bridgehead atoms. The third-order valence-electron chi connectivity index (χ3n) is 4.91. The molecule has 0 spiro atoms. The van der Waals surface area contributed by atoms with Gasteiger partial charge in [0, 0.05) is 41.6 Å². The summed E-state index contributed by atoms with van der Waals surface area (Å²) in [5, 5.41) is 4.45. The number of halogens is 1. The normalized spacial score (nSPS) is 26.1. The molecule has 1 N–H and O–H groups in total. The van der Waals surface area contributed by atoms with Crippen molar-refractivity contribution < 1.29 is 9.47 Å². The third kappa shape index (κ3) is 2.79. The van der Waals surface area contributed by atoms with Crippen LogP contribution in [0.2, 0.25) is 5.02 Å². The number of fused-ring (bicyclic) bond motifs is 1. The molecule has 0 amide bonds. The Morgan fingerprint density at radius 1 is 1.43 bits per heavy atom. The van der Waals surface area contributed by atoms with E-state index in [4.69, 9.17) is 21.1 Å². The van der Waals surface area contributed by atoms with Crippen LogP contribution in [0, 0.1) is 5.41 Å². The zero-order valence-electron chi connectivity index (χ0n) is 13.0. The van der Waals surface area contributed by atoms with E-state index >= 15 is 0 Å². The molecular weight excluding hydrogens is 286 g/mol. The van der Waals surface area contributed by atoms with Gasteiger partial charge in [0.15, 0.2) is 0 Å². The lowest BCUT2D eigenvalue weighted by Crippen LogP contribution is -2.60. The van der Waals surface area contributed by atoms with Crippen molar-refractivity contribution in [3.05, 3.63) is 28.3 Å². The maximum Gasteiger partial charge on any atom is 0.127 e. The molecule has 0 saturated heterocycles. The summed E-state index contributed by atoms with van der Waals surface area (Å²) >= 11 is 6.21. The van der Waals surface area contributed by atoms with Crippen LogP contribution in [-0.4, -0.2) is 25.4 Å². The molecule has 2 unspecified atom stereocenters. The second kappa shape index (κ2) is 5.79. The van der Waals surface area contributed by atoms with Gasteiger partial charge in [-0.2, -0.15) is 0 Å². The van der Waals surface area contributed by atoms with Crippen LogP contribution in [0.15, 0.2) is 12.1 Å². The average molecular weight is 310 g/mol. The first-order chi connectivity index (χ1) is 10.0. The van der Waals surface area contributed by atoms with E-state index in [1.807, 2.05) is 12.1 Å². The second-order valence-electron chi connectivity index (χ2n) is 6.59. The lowest BCUT2D eigenvalue weighted by molar-refractivity contribution is -0.114. The summed E-state index contributed by atoms with van der Waals surface area (Å²) in [6.07, 6.45) is 2.40. The van der Waals surface area contributed by atoms with Crippen molar-refractivity contribution >= 4 is 11.6 Å². The second-order valence-corrected chi connectivity index (χ2v) is 7.02. The van der Waals surface area contributed by atoms with Gasteiger partial charge in [-0.25, -0.2) is 0 Å². The maximum atomic E-state index is 6.21. The van der Waals surface area contributed by atoms with Crippen molar-refractivity contribution in [3.63, 3.8) is 0 Å². The largest absolute Gasteiger partial charge is 0.493 e. The highest BCUT2D eigenvalue weighted by atomic mass is 35.5. The van der Waals surface area contributed by atoms with E-state index in [0.29, 0.717) is 12.1 Å². The van der Waals surface area contributed by atoms with Crippen molar-refractivity contribution in [1.82, 2.24) is 5.32 Å². The Labute approximate surface area is 132 Å². The first-order valence-corrected chi connectivity index (χ1v) is 8.19. The lowest BCUT2D eigenvalue weighted by Gasteiger charge is -2.52. The average Bonchev–Trinajstić information content (AvgIpc) is 2.89. The Bertz CT molecular complexity index is 530. The fourth-order valence-corrected chi connectivity index (χ4v) is 3.69. The van der Waals surface area contributed by atoms with Gasteiger partial charge < -0.3 is 14.8 Å². The molecule has 2 aliphatic rings. The van der Waals surface area contributed by atoms with Gasteiger partial charge in [0.2, 0.25) is 0 Å². The highest BCUT2D eigenvalue weighted by Crippen LogP contribution is 2.43. The third-order valence-corrected chi connectivity index (χ3v) is 5.13. The topological polar surface area (TPSA) is 30.5 Å². The van der Waals surface area contributed by atoms with Crippen LogP contribution in [-0.2, 0) is 17.7 Å². The molecule has 116 valence electrons. The van der Waals surface area contributed by atoms with Crippen LogP contribution in [0.3, 0.4) is 0 Å². The molecule has 0 radical (unpaired) electrons. The van der Waals surface area contributed by atoms with E-state index in [9.17, 15) is 0 Å². The Morgan fingerprint density at radius 3 is 2.95 bits per heavy atom. The molecule has 1 saturated carbocycles. The molecule has 21 heavy (non-hydrogen) atoms. The predicted molar refractivity (Wildman–Crippen MR) is 85.1 cm³/mol. The van der Waals surface area contributed by atoms with Crippen molar-refractivity contribution in [2.75, 3.05) is 13.2 Å². The SMILES string of the molecule is CCOC1CC(NCc2cc(Cl)cc3c2OCC3)C1(C)C. The summed E-state index contributed by atoms with van der Waals surface area (Å²) in [5.41, 5.74) is 2.59. The van der Waals surface area contributed by atoms with E-state index in [0.717, 1.165) is 43.4 Å². The Morgan fingerprint density at radius 2 is 2.24 bits per heavy atom. The Hall–Kier alpha value is -0.770. The molecule has 1 aromatic rings. The van der Waals surface area contributed by atoms with Crippen molar-refractivity contribution in [2.24, 2.45) is 5.41 Å². The number of hydrogen-bond acceptors (Lipinski definition) is 3. The Balaban J connectivity index is 1.65. The van der Waals surface area contributed by atoms with Gasteiger partial charge in [0.1, 0.15) is 5.75 Å². The quantitative estimate of drug-likeness (QED) is 0.902. The van der Waals surface area contributed by atoms with Crippen molar-refractivity contribution in [2.45, 2.75) is 52.3 Å². The summed E-state index contributed by atoms with van der Waals surface area (Å²) in [4.78, 5) is 0. The van der Waals surface area contributed by atoms with Crippen molar-refractivity contribution in [1.29, 1.82) is 0 Å².